The van der Waals surface area contributed by atoms with Gasteiger partial charge in [0.25, 0.3) is 11.6 Å². The minimum absolute atomic E-state index is 0.0177. The molecule has 0 bridgehead atoms. The standard InChI is InChI=1S/C14H12BrN3O3/c1-8-3-4-12(18(20)21)11(5-8)14(19)17-13-9(2)6-10(15)7-16-13/h3-7H,1-2H3,(H,16,17,19). The molecule has 108 valence electrons. The molecule has 0 unspecified atom stereocenters. The van der Waals surface area contributed by atoms with Gasteiger partial charge in [-0.2, -0.15) is 0 Å². The van der Waals surface area contributed by atoms with Gasteiger partial charge in [0.2, 0.25) is 0 Å². The first-order chi connectivity index (χ1) is 9.88. The van der Waals surface area contributed by atoms with Crippen molar-refractivity contribution in [2.45, 2.75) is 13.8 Å². The van der Waals surface area contributed by atoms with Crippen LogP contribution in [0.3, 0.4) is 0 Å². The second-order valence-electron chi connectivity index (χ2n) is 4.55. The first-order valence-corrected chi connectivity index (χ1v) is 6.86. The van der Waals surface area contributed by atoms with Crippen LogP contribution in [-0.4, -0.2) is 15.8 Å². The number of aryl methyl sites for hydroxylation is 2. The van der Waals surface area contributed by atoms with Crippen molar-refractivity contribution in [3.63, 3.8) is 0 Å². The Kier molecular flexibility index (Phi) is 4.32. The predicted octanol–water partition coefficient (Wildman–Crippen LogP) is 3.62. The lowest BCUT2D eigenvalue weighted by Crippen LogP contribution is -2.16. The van der Waals surface area contributed by atoms with Crippen LogP contribution in [0.25, 0.3) is 0 Å². The Bertz CT molecular complexity index is 731. The molecule has 21 heavy (non-hydrogen) atoms. The number of nitro groups is 1. The highest BCUT2D eigenvalue weighted by Gasteiger charge is 2.20. The van der Waals surface area contributed by atoms with Gasteiger partial charge in [-0.15, -0.1) is 0 Å². The lowest BCUT2D eigenvalue weighted by molar-refractivity contribution is -0.385. The molecule has 2 rings (SSSR count). The Morgan fingerprint density at radius 1 is 1.33 bits per heavy atom. The number of carbonyl (C=O) groups is 1. The normalized spacial score (nSPS) is 10.2. The summed E-state index contributed by atoms with van der Waals surface area (Å²) < 4.78 is 0.791. The SMILES string of the molecule is Cc1ccc([N+](=O)[O-])c(C(=O)Nc2ncc(Br)cc2C)c1. The van der Waals surface area contributed by atoms with Crippen LogP contribution in [0.2, 0.25) is 0 Å². The molecule has 0 radical (unpaired) electrons. The highest BCUT2D eigenvalue weighted by Crippen LogP contribution is 2.22. The largest absolute Gasteiger partial charge is 0.306 e. The van der Waals surface area contributed by atoms with Crippen molar-refractivity contribution < 1.29 is 9.72 Å². The Morgan fingerprint density at radius 2 is 2.05 bits per heavy atom. The van der Waals surface area contributed by atoms with E-state index in [2.05, 4.69) is 26.2 Å². The number of halogens is 1. The molecule has 1 heterocycles. The Morgan fingerprint density at radius 3 is 2.67 bits per heavy atom. The molecule has 6 nitrogen and oxygen atoms in total. The van der Waals surface area contributed by atoms with Crippen LogP contribution in [-0.2, 0) is 0 Å². The van der Waals surface area contributed by atoms with Crippen molar-refractivity contribution in [1.29, 1.82) is 0 Å². The third kappa shape index (κ3) is 3.43. The van der Waals surface area contributed by atoms with Crippen LogP contribution >= 0.6 is 15.9 Å². The van der Waals surface area contributed by atoms with Crippen LogP contribution in [0.5, 0.6) is 0 Å². The van der Waals surface area contributed by atoms with Gasteiger partial charge < -0.3 is 5.32 Å². The molecule has 1 N–H and O–H groups in total. The molecule has 0 aliphatic heterocycles. The summed E-state index contributed by atoms with van der Waals surface area (Å²) in [5, 5.41) is 13.6. The number of aromatic nitrogens is 1. The van der Waals surface area contributed by atoms with Gasteiger partial charge in [0.1, 0.15) is 11.4 Å². The van der Waals surface area contributed by atoms with E-state index < -0.39 is 10.8 Å². The fourth-order valence-corrected chi connectivity index (χ4v) is 2.28. The molecule has 0 fully saturated rings. The summed E-state index contributed by atoms with van der Waals surface area (Å²) in [7, 11) is 0. The number of amides is 1. The Hall–Kier alpha value is -2.28. The van der Waals surface area contributed by atoms with Crippen molar-refractivity contribution in [2.75, 3.05) is 5.32 Å². The van der Waals surface area contributed by atoms with E-state index >= 15 is 0 Å². The fraction of sp³-hybridized carbons (Fsp3) is 0.143. The first-order valence-electron chi connectivity index (χ1n) is 6.07. The van der Waals surface area contributed by atoms with Crippen LogP contribution < -0.4 is 5.32 Å². The molecular weight excluding hydrogens is 338 g/mol. The quantitative estimate of drug-likeness (QED) is 0.677. The number of nitrogens with one attached hydrogen (secondary N) is 1. The summed E-state index contributed by atoms with van der Waals surface area (Å²) in [4.78, 5) is 26.8. The molecule has 2 aromatic rings. The maximum atomic E-state index is 12.3. The van der Waals surface area contributed by atoms with Crippen LogP contribution in [0.4, 0.5) is 11.5 Å². The fourth-order valence-electron chi connectivity index (χ4n) is 1.84. The lowest BCUT2D eigenvalue weighted by Gasteiger charge is -2.08. The summed E-state index contributed by atoms with van der Waals surface area (Å²) in [6.07, 6.45) is 1.55. The third-order valence-corrected chi connectivity index (χ3v) is 3.30. The van der Waals surface area contributed by atoms with Crippen LogP contribution in [0, 0.1) is 24.0 Å². The van der Waals surface area contributed by atoms with Crippen molar-refractivity contribution in [3.8, 4) is 0 Å². The van der Waals surface area contributed by atoms with E-state index in [0.29, 0.717) is 5.82 Å². The highest BCUT2D eigenvalue weighted by molar-refractivity contribution is 9.10. The maximum absolute atomic E-state index is 12.3. The molecule has 0 atom stereocenters. The molecular formula is C14H12BrN3O3. The van der Waals surface area contributed by atoms with E-state index in [1.165, 1.54) is 12.1 Å². The average Bonchev–Trinajstić information content (AvgIpc) is 2.41. The minimum Gasteiger partial charge on any atom is -0.306 e. The summed E-state index contributed by atoms with van der Waals surface area (Å²) in [5.41, 5.74) is 1.32. The lowest BCUT2D eigenvalue weighted by atomic mass is 10.1. The highest BCUT2D eigenvalue weighted by atomic mass is 79.9. The van der Waals surface area contributed by atoms with Gasteiger partial charge in [-0.25, -0.2) is 4.98 Å². The van der Waals surface area contributed by atoms with Crippen molar-refractivity contribution >= 4 is 33.3 Å². The van der Waals surface area contributed by atoms with Gasteiger partial charge in [-0.1, -0.05) is 6.07 Å². The molecule has 0 aliphatic carbocycles. The second kappa shape index (κ2) is 6.01. The minimum atomic E-state index is -0.573. The number of benzene rings is 1. The molecule has 1 aromatic heterocycles. The number of pyridine rings is 1. The summed E-state index contributed by atoms with van der Waals surface area (Å²) in [5.74, 6) is -0.178. The summed E-state index contributed by atoms with van der Waals surface area (Å²) in [6, 6.07) is 6.21. The number of rotatable bonds is 3. The number of hydrogen-bond donors (Lipinski definition) is 1. The van der Waals surface area contributed by atoms with E-state index in [4.69, 9.17) is 0 Å². The topological polar surface area (TPSA) is 85.1 Å². The van der Waals surface area contributed by atoms with Crippen molar-refractivity contribution in [1.82, 2.24) is 4.98 Å². The number of nitrogens with zero attached hydrogens (tertiary/aromatic N) is 2. The molecule has 7 heteroatoms. The van der Waals surface area contributed by atoms with E-state index in [9.17, 15) is 14.9 Å². The average molecular weight is 350 g/mol. The van der Waals surface area contributed by atoms with Gasteiger partial charge in [0.05, 0.1) is 4.92 Å². The van der Waals surface area contributed by atoms with Crippen molar-refractivity contribution in [3.05, 3.63) is 61.7 Å². The summed E-state index contributed by atoms with van der Waals surface area (Å²) in [6.45, 7) is 3.56. The zero-order chi connectivity index (χ0) is 15.6. The number of hydrogen-bond acceptors (Lipinski definition) is 4. The van der Waals surface area contributed by atoms with Crippen LogP contribution in [0.1, 0.15) is 21.5 Å². The summed E-state index contributed by atoms with van der Waals surface area (Å²) >= 11 is 3.28. The van der Waals surface area contributed by atoms with Gasteiger partial charge in [-0.3, -0.25) is 14.9 Å². The monoisotopic (exact) mass is 349 g/mol. The molecule has 1 amide bonds. The van der Waals surface area contributed by atoms with Gasteiger partial charge in [-0.05, 0) is 53.0 Å². The second-order valence-corrected chi connectivity index (χ2v) is 5.47. The van der Waals surface area contributed by atoms with E-state index in [1.54, 1.807) is 32.2 Å². The number of carbonyl (C=O) groups excluding carboxylic acids is 1. The van der Waals surface area contributed by atoms with E-state index in [1.807, 2.05) is 0 Å². The van der Waals surface area contributed by atoms with E-state index in [0.717, 1.165) is 15.6 Å². The van der Waals surface area contributed by atoms with Crippen molar-refractivity contribution in [2.24, 2.45) is 0 Å². The smallest absolute Gasteiger partial charge is 0.282 e. The first kappa shape index (κ1) is 15.1. The Balaban J connectivity index is 2.36. The predicted molar refractivity (Wildman–Crippen MR) is 82.5 cm³/mol. The van der Waals surface area contributed by atoms with Crippen LogP contribution in [0.15, 0.2) is 34.9 Å². The van der Waals surface area contributed by atoms with Gasteiger partial charge in [0, 0.05) is 16.7 Å². The Labute approximate surface area is 129 Å². The molecule has 0 aliphatic rings. The van der Waals surface area contributed by atoms with Gasteiger partial charge in [0.15, 0.2) is 0 Å². The molecule has 0 saturated heterocycles. The number of nitro benzene ring substituents is 1. The third-order valence-electron chi connectivity index (χ3n) is 2.87. The number of anilines is 1. The molecule has 1 aromatic carbocycles. The maximum Gasteiger partial charge on any atom is 0.282 e. The zero-order valence-electron chi connectivity index (χ0n) is 11.4. The van der Waals surface area contributed by atoms with Gasteiger partial charge >= 0.3 is 0 Å². The molecule has 0 spiro atoms. The molecule has 0 saturated carbocycles. The zero-order valence-corrected chi connectivity index (χ0v) is 13.0. The van der Waals surface area contributed by atoms with E-state index in [-0.39, 0.29) is 11.3 Å².